The molecule has 0 atom stereocenters. The van der Waals surface area contributed by atoms with Crippen LogP contribution in [0.15, 0.2) is 84.9 Å². The van der Waals surface area contributed by atoms with Gasteiger partial charge >= 0.3 is 0 Å². The van der Waals surface area contributed by atoms with Crippen LogP contribution in [0.3, 0.4) is 0 Å². The number of nitrogens with two attached hydrogens (primary N) is 1. The van der Waals surface area contributed by atoms with Crippen LogP contribution in [0, 0.1) is 6.92 Å². The number of rotatable bonds is 8. The summed E-state index contributed by atoms with van der Waals surface area (Å²) in [6, 6.07) is 29.1. The van der Waals surface area contributed by atoms with Gasteiger partial charge in [-0.25, -0.2) is 0 Å². The van der Waals surface area contributed by atoms with Crippen molar-refractivity contribution in [2.75, 3.05) is 13.1 Å². The molecule has 0 aromatic heterocycles. The Kier molecular flexibility index (Phi) is 6.78. The van der Waals surface area contributed by atoms with Gasteiger partial charge in [0.15, 0.2) is 6.54 Å². The molecule has 0 fully saturated rings. The number of quaternary nitrogens is 1. The molecular weight excluding hydrogens is 332 g/mol. The zero-order valence-corrected chi connectivity index (χ0v) is 15.8. The summed E-state index contributed by atoms with van der Waals surface area (Å²) < 4.78 is 0. The molecule has 0 saturated carbocycles. The quantitative estimate of drug-likeness (QED) is 0.638. The summed E-state index contributed by atoms with van der Waals surface area (Å²) in [5.74, 6) is 0.0699. The summed E-state index contributed by atoms with van der Waals surface area (Å²) in [5, 5.41) is 5.15. The van der Waals surface area contributed by atoms with Crippen LogP contribution < -0.4 is 10.6 Å². The fourth-order valence-electron chi connectivity index (χ4n) is 3.31. The van der Waals surface area contributed by atoms with Crippen LogP contribution in [0.2, 0.25) is 0 Å². The van der Waals surface area contributed by atoms with E-state index >= 15 is 0 Å². The monoisotopic (exact) mass is 359 g/mol. The van der Waals surface area contributed by atoms with Crippen LogP contribution in [0.5, 0.6) is 0 Å². The number of hydrogen-bond donors (Lipinski definition) is 2. The molecule has 3 nitrogen and oxygen atoms in total. The Morgan fingerprint density at radius 2 is 1.41 bits per heavy atom. The van der Waals surface area contributed by atoms with Crippen LogP contribution in [0.1, 0.15) is 28.3 Å². The molecular formula is C24H27N2O+. The van der Waals surface area contributed by atoms with Crippen molar-refractivity contribution in [2.45, 2.75) is 19.4 Å². The van der Waals surface area contributed by atoms with E-state index < -0.39 is 0 Å². The Morgan fingerprint density at radius 1 is 0.852 bits per heavy atom. The average Bonchev–Trinajstić information content (AvgIpc) is 2.71. The second kappa shape index (κ2) is 9.70. The van der Waals surface area contributed by atoms with Crippen molar-refractivity contribution in [2.24, 2.45) is 0 Å². The van der Waals surface area contributed by atoms with Crippen molar-refractivity contribution in [3.8, 4) is 0 Å². The van der Waals surface area contributed by atoms with Crippen molar-refractivity contribution >= 4 is 5.91 Å². The highest BCUT2D eigenvalue weighted by atomic mass is 16.1. The molecule has 3 aromatic carbocycles. The first-order chi connectivity index (χ1) is 13.2. The molecule has 0 spiro atoms. The van der Waals surface area contributed by atoms with Crippen LogP contribution in [0.25, 0.3) is 0 Å². The smallest absolute Gasteiger partial charge is 0.275 e. The zero-order chi connectivity index (χ0) is 18.9. The number of amides is 1. The summed E-state index contributed by atoms with van der Waals surface area (Å²) in [7, 11) is 0. The number of aryl methyl sites for hydroxylation is 1. The van der Waals surface area contributed by atoms with Gasteiger partial charge < -0.3 is 10.6 Å². The highest BCUT2D eigenvalue weighted by Crippen LogP contribution is 2.17. The van der Waals surface area contributed by atoms with Gasteiger partial charge in [0.05, 0.1) is 0 Å². The highest BCUT2D eigenvalue weighted by Gasteiger charge is 2.18. The van der Waals surface area contributed by atoms with Gasteiger partial charge in [0.1, 0.15) is 6.04 Å². The highest BCUT2D eigenvalue weighted by molar-refractivity contribution is 5.76. The molecule has 0 radical (unpaired) electrons. The molecule has 0 bridgehead atoms. The van der Waals surface area contributed by atoms with Crippen molar-refractivity contribution < 1.29 is 10.1 Å². The van der Waals surface area contributed by atoms with Gasteiger partial charge in [0, 0.05) is 17.7 Å². The van der Waals surface area contributed by atoms with E-state index in [1.54, 1.807) is 0 Å². The molecule has 3 N–H and O–H groups in total. The van der Waals surface area contributed by atoms with Crippen molar-refractivity contribution in [1.82, 2.24) is 5.32 Å². The fraction of sp³-hybridized carbons (Fsp3) is 0.208. The van der Waals surface area contributed by atoms with Crippen LogP contribution in [0.4, 0.5) is 0 Å². The molecule has 27 heavy (non-hydrogen) atoms. The second-order valence-electron chi connectivity index (χ2n) is 6.77. The lowest BCUT2D eigenvalue weighted by atomic mass is 9.99. The lowest BCUT2D eigenvalue weighted by Crippen LogP contribution is -2.87. The lowest BCUT2D eigenvalue weighted by molar-refractivity contribution is -0.676. The Labute approximate surface area is 161 Å². The largest absolute Gasteiger partial charge is 0.351 e. The Balaban J connectivity index is 1.55. The average molecular weight is 359 g/mol. The molecule has 3 heteroatoms. The van der Waals surface area contributed by atoms with E-state index in [9.17, 15) is 4.79 Å². The summed E-state index contributed by atoms with van der Waals surface area (Å²) >= 11 is 0. The van der Waals surface area contributed by atoms with E-state index in [1.807, 2.05) is 48.5 Å². The number of hydrogen-bond acceptors (Lipinski definition) is 1. The normalized spacial score (nSPS) is 10.7. The third kappa shape index (κ3) is 5.53. The van der Waals surface area contributed by atoms with Crippen molar-refractivity contribution in [3.05, 3.63) is 107 Å². The lowest BCUT2D eigenvalue weighted by Gasteiger charge is -2.16. The Morgan fingerprint density at radius 3 is 2.00 bits per heavy atom. The van der Waals surface area contributed by atoms with E-state index in [0.717, 1.165) is 6.42 Å². The zero-order valence-electron chi connectivity index (χ0n) is 15.8. The van der Waals surface area contributed by atoms with E-state index in [1.165, 1.54) is 22.3 Å². The predicted octanol–water partition coefficient (Wildman–Crippen LogP) is 3.01. The maximum absolute atomic E-state index is 12.3. The third-order valence-electron chi connectivity index (χ3n) is 4.83. The maximum Gasteiger partial charge on any atom is 0.275 e. The van der Waals surface area contributed by atoms with E-state index in [2.05, 4.69) is 54.0 Å². The molecule has 3 rings (SSSR count). The maximum atomic E-state index is 12.3. The van der Waals surface area contributed by atoms with Crippen molar-refractivity contribution in [1.29, 1.82) is 0 Å². The third-order valence-corrected chi connectivity index (χ3v) is 4.83. The summed E-state index contributed by atoms with van der Waals surface area (Å²) in [6.45, 7) is 3.18. The summed E-state index contributed by atoms with van der Waals surface area (Å²) in [5.41, 5.74) is 4.97. The van der Waals surface area contributed by atoms with Gasteiger partial charge in [-0.3, -0.25) is 4.79 Å². The van der Waals surface area contributed by atoms with Crippen LogP contribution in [-0.4, -0.2) is 19.0 Å². The van der Waals surface area contributed by atoms with Crippen LogP contribution in [-0.2, 0) is 11.2 Å². The minimum Gasteiger partial charge on any atom is -0.351 e. The fourth-order valence-corrected chi connectivity index (χ4v) is 3.31. The first-order valence-electron chi connectivity index (χ1n) is 9.48. The van der Waals surface area contributed by atoms with Crippen molar-refractivity contribution in [3.63, 3.8) is 0 Å². The van der Waals surface area contributed by atoms with Gasteiger partial charge in [-0.15, -0.1) is 0 Å². The molecule has 0 saturated heterocycles. The van der Waals surface area contributed by atoms with Gasteiger partial charge in [-0.1, -0.05) is 84.9 Å². The van der Waals surface area contributed by atoms with Crippen LogP contribution >= 0.6 is 0 Å². The number of benzene rings is 3. The van der Waals surface area contributed by atoms with E-state index in [0.29, 0.717) is 13.1 Å². The van der Waals surface area contributed by atoms with Gasteiger partial charge in [-0.05, 0) is 24.5 Å². The number of carbonyl (C=O) groups excluding carboxylic acids is 1. The van der Waals surface area contributed by atoms with Gasteiger partial charge in [0.25, 0.3) is 5.91 Å². The minimum atomic E-state index is 0.0699. The molecule has 0 unspecified atom stereocenters. The molecule has 3 aromatic rings. The Hall–Kier alpha value is -2.91. The molecule has 138 valence electrons. The number of nitrogens with one attached hydrogen (secondary N) is 1. The number of carbonyl (C=O) groups is 1. The molecule has 1 amide bonds. The van der Waals surface area contributed by atoms with E-state index in [-0.39, 0.29) is 11.9 Å². The molecule has 0 aliphatic heterocycles. The summed E-state index contributed by atoms with van der Waals surface area (Å²) in [4.78, 5) is 12.3. The minimum absolute atomic E-state index is 0.0699. The first-order valence-corrected chi connectivity index (χ1v) is 9.48. The molecule has 0 aliphatic rings. The standard InChI is InChI=1S/C24H26N2O/c1-19-10-8-9-11-20(19)16-17-25-23(27)18-26-24(21-12-4-2-5-13-21)22-14-6-3-7-15-22/h2-15,24,26H,16-18H2,1H3,(H,25,27)/p+1. The first kappa shape index (κ1) is 18.9. The summed E-state index contributed by atoms with van der Waals surface area (Å²) in [6.07, 6.45) is 0.860. The SMILES string of the molecule is Cc1ccccc1CCNC(=O)C[NH2+]C(c1ccccc1)c1ccccc1. The van der Waals surface area contributed by atoms with Gasteiger partial charge in [-0.2, -0.15) is 0 Å². The Bertz CT molecular complexity index is 807. The van der Waals surface area contributed by atoms with Gasteiger partial charge in [0.2, 0.25) is 0 Å². The second-order valence-corrected chi connectivity index (χ2v) is 6.77. The molecule has 0 heterocycles. The molecule has 0 aliphatic carbocycles. The topological polar surface area (TPSA) is 45.7 Å². The van der Waals surface area contributed by atoms with E-state index in [4.69, 9.17) is 0 Å². The predicted molar refractivity (Wildman–Crippen MR) is 109 cm³/mol.